The Balaban J connectivity index is 1.95. The van der Waals surface area contributed by atoms with Crippen molar-refractivity contribution in [1.29, 1.82) is 0 Å². The lowest BCUT2D eigenvalue weighted by Crippen LogP contribution is -2.07. The molecule has 238 valence electrons. The van der Waals surface area contributed by atoms with Gasteiger partial charge in [0.1, 0.15) is 23.0 Å². The zero-order valence-corrected chi connectivity index (χ0v) is 27.9. The molecule has 0 saturated carbocycles. The highest BCUT2D eigenvalue weighted by atomic mass is 32.1. The minimum atomic E-state index is -0.593. The van der Waals surface area contributed by atoms with E-state index in [1.165, 1.54) is 0 Å². The second-order valence-electron chi connectivity index (χ2n) is 10.3. The third-order valence-electron chi connectivity index (χ3n) is 6.61. The average Bonchev–Trinajstić information content (AvgIpc) is 3.08. The van der Waals surface area contributed by atoms with E-state index in [9.17, 15) is 9.59 Å². The molecule has 0 unspecified atom stereocenters. The first-order valence-electron chi connectivity index (χ1n) is 15.5. The van der Waals surface area contributed by atoms with Crippen LogP contribution >= 0.6 is 24.4 Å². The predicted molar refractivity (Wildman–Crippen MR) is 189 cm³/mol. The summed E-state index contributed by atoms with van der Waals surface area (Å²) in [7, 11) is 0. The zero-order valence-electron chi connectivity index (χ0n) is 26.3. The molecule has 0 radical (unpaired) electrons. The van der Waals surface area contributed by atoms with Crippen LogP contribution in [0.25, 0.3) is 0 Å². The molecule has 0 N–H and O–H groups in total. The zero-order chi connectivity index (χ0) is 33.0. The Bertz CT molecular complexity index is 1470. The van der Waals surface area contributed by atoms with Crippen LogP contribution in [0.2, 0.25) is 0 Å². The summed E-state index contributed by atoms with van der Waals surface area (Å²) >= 11 is 9.23. The Morgan fingerprint density at radius 2 is 0.978 bits per heavy atom. The number of rotatable bonds is 16. The summed E-state index contributed by atoms with van der Waals surface area (Å²) in [6.07, 6.45) is 8.60. The van der Waals surface area contributed by atoms with Crippen LogP contribution in [0.5, 0.6) is 23.0 Å². The lowest BCUT2D eigenvalue weighted by atomic mass is 10.1. The van der Waals surface area contributed by atoms with Crippen molar-refractivity contribution in [3.05, 3.63) is 82.9 Å². The molecule has 0 aliphatic carbocycles. The fourth-order valence-corrected chi connectivity index (χ4v) is 4.28. The van der Waals surface area contributed by atoms with Gasteiger partial charge < -0.3 is 18.9 Å². The van der Waals surface area contributed by atoms with Crippen LogP contribution in [0.4, 0.5) is 0 Å². The molecule has 0 spiro atoms. The quantitative estimate of drug-likeness (QED) is 0.0503. The highest BCUT2D eigenvalue weighted by molar-refractivity contribution is 7.80. The van der Waals surface area contributed by atoms with Crippen LogP contribution in [0.1, 0.15) is 87.5 Å². The van der Waals surface area contributed by atoms with Gasteiger partial charge in [0.05, 0.1) is 35.1 Å². The molecule has 0 atom stereocenters. The van der Waals surface area contributed by atoms with Crippen molar-refractivity contribution in [3.63, 3.8) is 0 Å². The topological polar surface area (TPSA) is 71.1 Å². The van der Waals surface area contributed by atoms with E-state index in [2.05, 4.69) is 62.0 Å². The van der Waals surface area contributed by atoms with E-state index in [0.717, 1.165) is 73.2 Å². The van der Waals surface area contributed by atoms with Gasteiger partial charge in [-0.3, -0.25) is 0 Å². The molecule has 3 aromatic carbocycles. The first-order valence-corrected chi connectivity index (χ1v) is 16.4. The molecule has 3 aromatic rings. The lowest BCUT2D eigenvalue weighted by Gasteiger charge is -2.14. The first-order chi connectivity index (χ1) is 22.4. The Kier molecular flexibility index (Phi) is 16.0. The third kappa shape index (κ3) is 12.9. The van der Waals surface area contributed by atoms with Gasteiger partial charge in [-0.05, 0) is 61.4 Å². The largest absolute Gasteiger partial charge is 0.492 e. The minimum Gasteiger partial charge on any atom is -0.492 e. The second kappa shape index (κ2) is 20.5. The fourth-order valence-electron chi connectivity index (χ4n) is 4.19. The van der Waals surface area contributed by atoms with Crippen LogP contribution in [-0.2, 0) is 9.59 Å². The van der Waals surface area contributed by atoms with Crippen LogP contribution < -0.4 is 18.9 Å². The van der Waals surface area contributed by atoms with Crippen molar-refractivity contribution in [2.45, 2.75) is 65.2 Å². The Morgan fingerprint density at radius 3 is 1.33 bits per heavy atom. The van der Waals surface area contributed by atoms with Crippen LogP contribution in [0.15, 0.2) is 60.7 Å². The molecular formula is C38H38O6S2. The van der Waals surface area contributed by atoms with Crippen molar-refractivity contribution in [3.8, 4) is 46.7 Å². The molecule has 0 fully saturated rings. The summed E-state index contributed by atoms with van der Waals surface area (Å²) in [5.41, 5.74) is 2.85. The van der Waals surface area contributed by atoms with Gasteiger partial charge >= 0.3 is 11.9 Å². The SMILES string of the molecule is CCCCCCOc1cc(C#Cc2ccc(OC(=O)C=S)cc2)c(OCCCCCC)cc1C#Cc1ccc(OC(=O)C=S)cc1. The molecule has 0 bridgehead atoms. The van der Waals surface area contributed by atoms with Gasteiger partial charge in [-0.15, -0.1) is 0 Å². The molecule has 0 aliphatic heterocycles. The summed E-state index contributed by atoms with van der Waals surface area (Å²) in [5, 5.41) is 1.90. The summed E-state index contributed by atoms with van der Waals surface area (Å²) < 4.78 is 22.8. The smallest absolute Gasteiger partial charge is 0.347 e. The number of carbonyl (C=O) groups excluding carboxylic acids is 2. The fraction of sp³-hybridized carbons (Fsp3) is 0.316. The summed E-state index contributed by atoms with van der Waals surface area (Å²) in [6.45, 7) is 5.46. The summed E-state index contributed by atoms with van der Waals surface area (Å²) in [6, 6.07) is 17.6. The number of carbonyl (C=O) groups is 2. The van der Waals surface area contributed by atoms with Crippen molar-refractivity contribution >= 4 is 47.1 Å². The number of hydrogen-bond donors (Lipinski definition) is 0. The monoisotopic (exact) mass is 654 g/mol. The van der Waals surface area contributed by atoms with Crippen molar-refractivity contribution < 1.29 is 28.5 Å². The molecule has 46 heavy (non-hydrogen) atoms. The summed E-state index contributed by atoms with van der Waals surface area (Å²) in [4.78, 5) is 22.9. The second-order valence-corrected chi connectivity index (χ2v) is 10.8. The van der Waals surface area contributed by atoms with E-state index in [1.54, 1.807) is 48.5 Å². The molecule has 0 heterocycles. The van der Waals surface area contributed by atoms with E-state index < -0.39 is 11.9 Å². The van der Waals surface area contributed by atoms with E-state index in [1.807, 2.05) is 12.1 Å². The number of hydrogen-bond acceptors (Lipinski definition) is 8. The van der Waals surface area contributed by atoms with E-state index in [4.69, 9.17) is 18.9 Å². The maximum absolute atomic E-state index is 11.5. The number of esters is 2. The van der Waals surface area contributed by atoms with Crippen LogP contribution in [-0.4, -0.2) is 35.9 Å². The molecule has 0 saturated heterocycles. The molecule has 8 heteroatoms. The van der Waals surface area contributed by atoms with Crippen LogP contribution in [0, 0.1) is 23.7 Å². The van der Waals surface area contributed by atoms with Gasteiger partial charge in [0.25, 0.3) is 0 Å². The molecule has 0 aliphatic rings. The Labute approximate surface area is 282 Å². The van der Waals surface area contributed by atoms with E-state index in [-0.39, 0.29) is 0 Å². The van der Waals surface area contributed by atoms with Crippen molar-refractivity contribution in [2.75, 3.05) is 13.2 Å². The van der Waals surface area contributed by atoms with Crippen molar-refractivity contribution in [2.24, 2.45) is 0 Å². The number of unbranched alkanes of at least 4 members (excludes halogenated alkanes) is 6. The van der Waals surface area contributed by atoms with Gasteiger partial charge in [-0.25, -0.2) is 9.59 Å². The highest BCUT2D eigenvalue weighted by Crippen LogP contribution is 2.29. The van der Waals surface area contributed by atoms with Gasteiger partial charge in [0, 0.05) is 23.3 Å². The van der Waals surface area contributed by atoms with Gasteiger partial charge in [0.2, 0.25) is 0 Å². The Hall–Kier alpha value is -4.50. The standard InChI is InChI=1S/C38H38O6S2/c1-3-5-7-9-23-41-35-25-32(18-12-30-15-21-34(22-16-30)44-38(40)28-46)36(42-24-10-8-6-4-2)26-31(35)17-11-29-13-19-33(20-14-29)43-37(39)27-45/h13-16,19-22,25-28H,3-10,23-24H2,1-2H3. The van der Waals surface area contributed by atoms with Crippen molar-refractivity contribution in [1.82, 2.24) is 0 Å². The Morgan fingerprint density at radius 1 is 0.587 bits per heavy atom. The molecular weight excluding hydrogens is 617 g/mol. The molecule has 0 amide bonds. The highest BCUT2D eigenvalue weighted by Gasteiger charge is 2.11. The minimum absolute atomic E-state index is 0.389. The number of thiocarbonyl (C=S) groups is 2. The van der Waals surface area contributed by atoms with Crippen LogP contribution in [0.3, 0.4) is 0 Å². The molecule has 0 aromatic heterocycles. The summed E-state index contributed by atoms with van der Waals surface area (Å²) in [5.74, 6) is 13.7. The lowest BCUT2D eigenvalue weighted by molar-refractivity contribution is -0.127. The molecule has 3 rings (SSSR count). The first kappa shape index (κ1) is 36.0. The maximum Gasteiger partial charge on any atom is 0.347 e. The maximum atomic E-state index is 11.5. The van der Waals surface area contributed by atoms with E-state index >= 15 is 0 Å². The van der Waals surface area contributed by atoms with Gasteiger partial charge in [-0.1, -0.05) is 100 Å². The normalized spacial score (nSPS) is 9.96. The number of benzene rings is 3. The number of ether oxygens (including phenoxy) is 4. The van der Waals surface area contributed by atoms with E-state index in [0.29, 0.717) is 47.3 Å². The molecule has 6 nitrogen and oxygen atoms in total. The third-order valence-corrected chi connectivity index (χ3v) is 7.00. The van der Waals surface area contributed by atoms with Gasteiger partial charge in [0.15, 0.2) is 0 Å². The van der Waals surface area contributed by atoms with Gasteiger partial charge in [-0.2, -0.15) is 0 Å². The average molecular weight is 655 g/mol. The predicted octanol–water partition coefficient (Wildman–Crippen LogP) is 8.21.